The molecule has 0 aromatic heterocycles. The number of ketones is 1. The van der Waals surface area contributed by atoms with Crippen LogP contribution in [-0.2, 0) is 11.2 Å². The molecular weight excluding hydrogens is 380 g/mol. The Labute approximate surface area is 177 Å². The average molecular weight is 408 g/mol. The number of rotatable bonds is 7. The Morgan fingerprint density at radius 3 is 2.37 bits per heavy atom. The zero-order valence-electron chi connectivity index (χ0n) is 17.8. The summed E-state index contributed by atoms with van der Waals surface area (Å²) in [6.07, 6.45) is 2.40. The van der Waals surface area contributed by atoms with Gasteiger partial charge in [0.25, 0.3) is 5.91 Å². The van der Waals surface area contributed by atoms with Gasteiger partial charge >= 0.3 is 0 Å². The molecule has 0 aliphatic carbocycles. The first kappa shape index (κ1) is 21.4. The van der Waals surface area contributed by atoms with E-state index in [-0.39, 0.29) is 17.6 Å². The Kier molecular flexibility index (Phi) is 6.77. The zero-order chi connectivity index (χ0) is 21.7. The van der Waals surface area contributed by atoms with Crippen molar-refractivity contribution < 1.29 is 19.1 Å². The monoisotopic (exact) mass is 408 g/mol. The minimum absolute atomic E-state index is 0.0597. The Hall–Kier alpha value is -3.28. The molecule has 2 N–H and O–H groups in total. The van der Waals surface area contributed by atoms with Crippen LogP contribution in [0, 0.1) is 5.92 Å². The highest BCUT2D eigenvalue weighted by Gasteiger charge is 2.25. The molecule has 0 radical (unpaired) electrons. The molecule has 0 bridgehead atoms. The van der Waals surface area contributed by atoms with Gasteiger partial charge < -0.3 is 20.1 Å². The highest BCUT2D eigenvalue weighted by atomic mass is 16.5. The topological polar surface area (TPSA) is 76.7 Å². The number of carbonyl (C=O) groups excluding carboxylic acids is 2. The number of hydrogen-bond donors (Lipinski definition) is 2. The van der Waals surface area contributed by atoms with Gasteiger partial charge in [-0.2, -0.15) is 0 Å². The van der Waals surface area contributed by atoms with Crippen molar-refractivity contribution in [2.24, 2.45) is 5.92 Å². The minimum Gasteiger partial charge on any atom is -0.493 e. The fraction of sp³-hybridized carbons (Fsp3) is 0.333. The van der Waals surface area contributed by atoms with Gasteiger partial charge in [0.2, 0.25) is 0 Å². The number of hydrogen-bond acceptors (Lipinski definition) is 5. The third-order valence-corrected chi connectivity index (χ3v) is 5.19. The number of benzene rings is 2. The molecule has 30 heavy (non-hydrogen) atoms. The number of fused-ring (bicyclic) bond motifs is 1. The largest absolute Gasteiger partial charge is 0.493 e. The van der Waals surface area contributed by atoms with Crippen molar-refractivity contribution in [2.45, 2.75) is 26.3 Å². The van der Waals surface area contributed by atoms with Crippen LogP contribution in [0.1, 0.15) is 35.3 Å². The van der Waals surface area contributed by atoms with Gasteiger partial charge in [0.15, 0.2) is 17.3 Å². The van der Waals surface area contributed by atoms with Gasteiger partial charge in [-0.15, -0.1) is 0 Å². The fourth-order valence-corrected chi connectivity index (χ4v) is 3.55. The quantitative estimate of drug-likeness (QED) is 0.688. The maximum atomic E-state index is 13.1. The van der Waals surface area contributed by atoms with Crippen molar-refractivity contribution in [1.82, 2.24) is 10.6 Å². The molecule has 6 heteroatoms. The first-order chi connectivity index (χ1) is 14.4. The highest BCUT2D eigenvalue weighted by molar-refractivity contribution is 6.04. The van der Waals surface area contributed by atoms with E-state index in [0.717, 1.165) is 23.2 Å². The lowest BCUT2D eigenvalue weighted by Gasteiger charge is -2.24. The first-order valence-corrected chi connectivity index (χ1v) is 10.0. The van der Waals surface area contributed by atoms with Gasteiger partial charge in [-0.05, 0) is 42.2 Å². The average Bonchev–Trinajstić information content (AvgIpc) is 2.76. The fourth-order valence-electron chi connectivity index (χ4n) is 3.55. The molecule has 158 valence electrons. The van der Waals surface area contributed by atoms with Crippen LogP contribution in [0.2, 0.25) is 0 Å². The predicted molar refractivity (Wildman–Crippen MR) is 117 cm³/mol. The van der Waals surface area contributed by atoms with Crippen LogP contribution in [0.25, 0.3) is 5.70 Å². The molecule has 1 amide bonds. The lowest BCUT2D eigenvalue weighted by atomic mass is 9.93. The second-order valence-corrected chi connectivity index (χ2v) is 7.56. The van der Waals surface area contributed by atoms with E-state index in [9.17, 15) is 9.59 Å². The van der Waals surface area contributed by atoms with Gasteiger partial charge in [-0.25, -0.2) is 0 Å². The third-order valence-electron chi connectivity index (χ3n) is 5.19. The van der Waals surface area contributed by atoms with Gasteiger partial charge in [0.05, 0.1) is 20.3 Å². The third kappa shape index (κ3) is 4.64. The molecule has 1 aliphatic rings. The van der Waals surface area contributed by atoms with Gasteiger partial charge in [-0.1, -0.05) is 32.0 Å². The molecule has 3 rings (SSSR count). The van der Waals surface area contributed by atoms with Crippen molar-refractivity contribution in [3.63, 3.8) is 0 Å². The molecule has 1 unspecified atom stereocenters. The van der Waals surface area contributed by atoms with E-state index in [4.69, 9.17) is 9.47 Å². The molecule has 0 spiro atoms. The second-order valence-electron chi connectivity index (χ2n) is 7.56. The van der Waals surface area contributed by atoms with Crippen molar-refractivity contribution in [3.05, 3.63) is 65.2 Å². The normalized spacial score (nSPS) is 15.2. The van der Waals surface area contributed by atoms with Crippen LogP contribution in [0.15, 0.2) is 48.5 Å². The summed E-state index contributed by atoms with van der Waals surface area (Å²) in [7, 11) is 3.19. The van der Waals surface area contributed by atoms with E-state index < -0.39 is 6.04 Å². The van der Waals surface area contributed by atoms with E-state index >= 15 is 0 Å². The van der Waals surface area contributed by atoms with Crippen LogP contribution in [0.3, 0.4) is 0 Å². The minimum atomic E-state index is -0.627. The van der Waals surface area contributed by atoms with Crippen molar-refractivity contribution >= 4 is 17.4 Å². The lowest BCUT2D eigenvalue weighted by molar-refractivity contribution is -0.117. The van der Waals surface area contributed by atoms with Crippen LogP contribution in [0.4, 0.5) is 0 Å². The molecule has 6 nitrogen and oxygen atoms in total. The summed E-state index contributed by atoms with van der Waals surface area (Å²) in [5.74, 6) is 0.800. The van der Waals surface area contributed by atoms with E-state index in [0.29, 0.717) is 23.6 Å². The number of methoxy groups -OCH3 is 2. The highest BCUT2D eigenvalue weighted by Crippen LogP contribution is 2.34. The summed E-state index contributed by atoms with van der Waals surface area (Å²) in [6, 6.07) is 12.1. The maximum Gasteiger partial charge on any atom is 0.251 e. The molecule has 1 heterocycles. The first-order valence-electron chi connectivity index (χ1n) is 10.0. The van der Waals surface area contributed by atoms with Crippen LogP contribution >= 0.6 is 0 Å². The molecule has 1 aliphatic heterocycles. The van der Waals surface area contributed by atoms with Crippen LogP contribution < -0.4 is 20.1 Å². The number of ether oxygens (including phenoxy) is 2. The number of nitrogens with one attached hydrogen (secondary N) is 2. The van der Waals surface area contributed by atoms with E-state index in [2.05, 4.69) is 10.6 Å². The Morgan fingerprint density at radius 1 is 1.07 bits per heavy atom. The molecular formula is C24H28N2O4. The standard InChI is InChI=1S/C24H28N2O4/c1-15(2)23(26-24(28)16-8-6-5-7-9-16)20(27)14-19-18-13-22(30-4)21(29-3)12-17(18)10-11-25-19/h5-9,12-15,23,25H,10-11H2,1-4H3,(H,26,28)/b19-14-. The van der Waals surface area contributed by atoms with Crippen molar-refractivity contribution in [1.29, 1.82) is 0 Å². The molecule has 2 aromatic rings. The maximum absolute atomic E-state index is 13.1. The summed E-state index contributed by atoms with van der Waals surface area (Å²) in [4.78, 5) is 25.7. The lowest BCUT2D eigenvalue weighted by Crippen LogP contribution is -2.44. The number of amides is 1. The Morgan fingerprint density at radius 2 is 1.73 bits per heavy atom. The van der Waals surface area contributed by atoms with Crippen LogP contribution in [0.5, 0.6) is 11.5 Å². The van der Waals surface area contributed by atoms with E-state index in [1.54, 1.807) is 44.6 Å². The summed E-state index contributed by atoms with van der Waals surface area (Å²) >= 11 is 0. The SMILES string of the molecule is COc1cc2c(cc1OC)/C(=C/C(=O)C(NC(=O)c1ccccc1)C(C)C)NCC2. The van der Waals surface area contributed by atoms with Gasteiger partial charge in [-0.3, -0.25) is 9.59 Å². The number of carbonyl (C=O) groups is 2. The molecule has 0 saturated carbocycles. The van der Waals surface area contributed by atoms with E-state index in [1.165, 1.54) is 0 Å². The summed E-state index contributed by atoms with van der Waals surface area (Å²) in [5.41, 5.74) is 3.24. The predicted octanol–water partition coefficient (Wildman–Crippen LogP) is 3.21. The van der Waals surface area contributed by atoms with Gasteiger partial charge in [0, 0.05) is 29.4 Å². The van der Waals surface area contributed by atoms with Crippen molar-refractivity contribution in [3.8, 4) is 11.5 Å². The summed E-state index contributed by atoms with van der Waals surface area (Å²) < 4.78 is 10.8. The molecule has 0 saturated heterocycles. The summed E-state index contributed by atoms with van der Waals surface area (Å²) in [5, 5.41) is 6.19. The molecule has 2 aromatic carbocycles. The van der Waals surface area contributed by atoms with Gasteiger partial charge in [0.1, 0.15) is 0 Å². The van der Waals surface area contributed by atoms with E-state index in [1.807, 2.05) is 32.0 Å². The Balaban J connectivity index is 1.88. The molecule has 0 fully saturated rings. The van der Waals surface area contributed by atoms with Crippen molar-refractivity contribution in [2.75, 3.05) is 20.8 Å². The zero-order valence-corrected chi connectivity index (χ0v) is 17.8. The smallest absolute Gasteiger partial charge is 0.251 e. The van der Waals surface area contributed by atoms with Crippen LogP contribution in [-0.4, -0.2) is 38.5 Å². The second kappa shape index (κ2) is 9.48. The Bertz CT molecular complexity index is 951. The molecule has 1 atom stereocenters. The summed E-state index contributed by atoms with van der Waals surface area (Å²) in [6.45, 7) is 4.55.